The van der Waals surface area contributed by atoms with Crippen molar-refractivity contribution >= 4 is 117 Å². The van der Waals surface area contributed by atoms with Gasteiger partial charge in [0.2, 0.25) is 0 Å². The molecule has 0 bridgehead atoms. The van der Waals surface area contributed by atoms with Gasteiger partial charge in [-0.1, -0.05) is 22.9 Å². The maximum absolute atomic E-state index is 4.58. The lowest BCUT2D eigenvalue weighted by Crippen LogP contribution is -2.15. The van der Waals surface area contributed by atoms with Crippen molar-refractivity contribution in [3.8, 4) is 0 Å². The molecule has 0 spiro atoms. The van der Waals surface area contributed by atoms with Crippen LogP contribution in [0.1, 0.15) is 28.7 Å². The molecule has 0 radical (unpaired) electrons. The molecule has 2 unspecified atom stereocenters. The molecule has 2 atom stereocenters. The SMILES string of the molecule is CC1C(I)=C(c2c(I)cc(Br)c3nsnc23)c2nsnc2C1Br. The Morgan fingerprint density at radius 2 is 1.78 bits per heavy atom. The van der Waals surface area contributed by atoms with Crippen LogP contribution in [0.5, 0.6) is 0 Å². The number of nitrogens with zero attached hydrogens (tertiary/aromatic N) is 4. The number of fused-ring (bicyclic) bond motifs is 2. The van der Waals surface area contributed by atoms with Gasteiger partial charge in [0, 0.05) is 28.7 Å². The van der Waals surface area contributed by atoms with Crippen molar-refractivity contribution in [2.45, 2.75) is 11.8 Å². The lowest BCUT2D eigenvalue weighted by atomic mass is 9.88. The van der Waals surface area contributed by atoms with Gasteiger partial charge in [-0.25, -0.2) is 0 Å². The zero-order valence-corrected chi connectivity index (χ0v) is 20.5. The fraction of sp³-hybridized carbons (Fsp3) is 0.231. The van der Waals surface area contributed by atoms with Crippen molar-refractivity contribution in [3.63, 3.8) is 0 Å². The first-order valence-corrected chi connectivity index (χ1v) is 11.8. The second-order valence-electron chi connectivity index (χ2n) is 5.09. The van der Waals surface area contributed by atoms with Crippen molar-refractivity contribution in [1.29, 1.82) is 0 Å². The third kappa shape index (κ3) is 2.66. The first-order valence-electron chi connectivity index (χ1n) is 6.48. The number of halogens is 4. The number of hydrogen-bond donors (Lipinski definition) is 0. The molecule has 0 amide bonds. The Hall–Kier alpha value is 0.760. The van der Waals surface area contributed by atoms with Gasteiger partial charge in [-0.2, -0.15) is 17.5 Å². The molecule has 4 nitrogen and oxygen atoms in total. The molecule has 118 valence electrons. The monoisotopic (exact) mass is 694 g/mol. The van der Waals surface area contributed by atoms with Gasteiger partial charge >= 0.3 is 0 Å². The smallest absolute Gasteiger partial charge is 0.119 e. The van der Waals surface area contributed by atoms with Crippen molar-refractivity contribution in [2.24, 2.45) is 5.92 Å². The van der Waals surface area contributed by atoms with Crippen LogP contribution in [-0.2, 0) is 0 Å². The number of rotatable bonds is 1. The van der Waals surface area contributed by atoms with Crippen LogP contribution >= 0.6 is 100 Å². The number of benzene rings is 1. The quantitative estimate of drug-likeness (QED) is 0.225. The van der Waals surface area contributed by atoms with Gasteiger partial charge in [0.1, 0.15) is 16.7 Å². The zero-order chi connectivity index (χ0) is 16.3. The number of alkyl halides is 1. The third-order valence-electron chi connectivity index (χ3n) is 3.78. The summed E-state index contributed by atoms with van der Waals surface area (Å²) in [5.41, 5.74) is 6.08. The van der Waals surface area contributed by atoms with Crippen molar-refractivity contribution in [2.75, 3.05) is 0 Å². The molecule has 1 aliphatic rings. The van der Waals surface area contributed by atoms with E-state index in [-0.39, 0.29) is 4.83 Å². The maximum atomic E-state index is 4.58. The molecule has 1 aliphatic carbocycles. The predicted molar refractivity (Wildman–Crippen MR) is 119 cm³/mol. The van der Waals surface area contributed by atoms with Gasteiger partial charge in [0.05, 0.1) is 34.0 Å². The van der Waals surface area contributed by atoms with Crippen LogP contribution in [0.3, 0.4) is 0 Å². The van der Waals surface area contributed by atoms with E-state index >= 15 is 0 Å². The van der Waals surface area contributed by atoms with Crippen LogP contribution in [0.15, 0.2) is 14.1 Å². The van der Waals surface area contributed by atoms with Crippen molar-refractivity contribution in [1.82, 2.24) is 17.5 Å². The molecule has 2 heterocycles. The van der Waals surface area contributed by atoms with Crippen LogP contribution in [0.4, 0.5) is 0 Å². The van der Waals surface area contributed by atoms with Gasteiger partial charge in [0.15, 0.2) is 0 Å². The Bertz CT molecular complexity index is 968. The van der Waals surface area contributed by atoms with E-state index in [1.165, 1.54) is 27.0 Å². The summed E-state index contributed by atoms with van der Waals surface area (Å²) in [7, 11) is 0. The van der Waals surface area contributed by atoms with E-state index < -0.39 is 0 Å². The molecule has 1 aromatic carbocycles. The summed E-state index contributed by atoms with van der Waals surface area (Å²) in [6, 6.07) is 2.10. The standard InChI is InChI=1S/C13H6Br2I2N4S2/c1-3-8(15)13-12(20-23-21-13)7(9(3)17)6-5(16)2-4(14)10-11(6)19-22-18-10/h2-3,8H,1H3. The molecule has 23 heavy (non-hydrogen) atoms. The van der Waals surface area contributed by atoms with Gasteiger partial charge in [-0.3, -0.25) is 0 Å². The van der Waals surface area contributed by atoms with Crippen LogP contribution < -0.4 is 0 Å². The Morgan fingerprint density at radius 3 is 2.57 bits per heavy atom. The topological polar surface area (TPSA) is 51.6 Å². The summed E-state index contributed by atoms with van der Waals surface area (Å²) in [4.78, 5) is 0.198. The Balaban J connectivity index is 2.10. The van der Waals surface area contributed by atoms with Gasteiger partial charge in [-0.15, -0.1) is 0 Å². The average molecular weight is 696 g/mol. The van der Waals surface area contributed by atoms with Crippen LogP contribution in [0.25, 0.3) is 16.6 Å². The van der Waals surface area contributed by atoms with E-state index in [1.807, 2.05) is 0 Å². The molecule has 10 heteroatoms. The van der Waals surface area contributed by atoms with Crippen LogP contribution in [0.2, 0.25) is 0 Å². The highest BCUT2D eigenvalue weighted by atomic mass is 127. The lowest BCUT2D eigenvalue weighted by molar-refractivity contribution is 0.689. The lowest BCUT2D eigenvalue weighted by Gasteiger charge is -2.26. The predicted octanol–water partition coefficient (Wildman–Crippen LogP) is 6.19. The van der Waals surface area contributed by atoms with E-state index in [2.05, 4.69) is 108 Å². The molecule has 0 fully saturated rings. The third-order valence-corrected chi connectivity index (χ3v) is 9.06. The molecular weight excluding hydrogens is 690 g/mol. The summed E-state index contributed by atoms with van der Waals surface area (Å²) < 4.78 is 21.5. The van der Waals surface area contributed by atoms with E-state index in [0.29, 0.717) is 5.92 Å². The van der Waals surface area contributed by atoms with Crippen LogP contribution in [0, 0.1) is 9.49 Å². The summed E-state index contributed by atoms with van der Waals surface area (Å²) in [6.45, 7) is 2.21. The molecule has 0 aliphatic heterocycles. The molecular formula is C13H6Br2I2N4S2. The first kappa shape index (κ1) is 17.2. The first-order chi connectivity index (χ1) is 11.0. The highest BCUT2D eigenvalue weighted by Gasteiger charge is 2.36. The number of allylic oxidation sites excluding steroid dienone is 1. The fourth-order valence-corrected chi connectivity index (χ4v) is 7.75. The van der Waals surface area contributed by atoms with Crippen molar-refractivity contribution < 1.29 is 0 Å². The highest BCUT2D eigenvalue weighted by molar-refractivity contribution is 14.1. The molecule has 0 saturated carbocycles. The van der Waals surface area contributed by atoms with Crippen LogP contribution in [-0.4, -0.2) is 17.5 Å². The Kier molecular flexibility index (Phi) is 4.85. The van der Waals surface area contributed by atoms with E-state index in [0.717, 1.165) is 41.6 Å². The molecule has 0 N–H and O–H groups in total. The summed E-state index contributed by atoms with van der Waals surface area (Å²) >= 11 is 14.7. The highest BCUT2D eigenvalue weighted by Crippen LogP contribution is 2.51. The number of aromatic nitrogens is 4. The molecule has 2 aromatic heterocycles. The summed E-state index contributed by atoms with van der Waals surface area (Å²) in [5.74, 6) is 0.336. The van der Waals surface area contributed by atoms with Gasteiger partial charge < -0.3 is 0 Å². The maximum Gasteiger partial charge on any atom is 0.119 e. The second kappa shape index (κ2) is 6.49. The summed E-state index contributed by atoms with van der Waals surface area (Å²) in [5, 5.41) is 0. The molecule has 0 saturated heterocycles. The van der Waals surface area contributed by atoms with E-state index in [9.17, 15) is 0 Å². The Labute approximate surface area is 184 Å². The largest absolute Gasteiger partial charge is 0.176 e. The molecule has 3 aromatic rings. The zero-order valence-electron chi connectivity index (χ0n) is 11.3. The molecule has 4 rings (SSSR count). The van der Waals surface area contributed by atoms with Gasteiger partial charge in [0.25, 0.3) is 0 Å². The second-order valence-corrected chi connectivity index (χ2v) is 10.3. The Morgan fingerprint density at radius 1 is 1.09 bits per heavy atom. The minimum absolute atomic E-state index is 0.198. The van der Waals surface area contributed by atoms with E-state index in [4.69, 9.17) is 0 Å². The van der Waals surface area contributed by atoms with Gasteiger partial charge in [-0.05, 0) is 67.2 Å². The minimum Gasteiger partial charge on any atom is -0.176 e. The number of hydrogen-bond acceptors (Lipinski definition) is 6. The minimum atomic E-state index is 0.198. The average Bonchev–Trinajstić information content (AvgIpc) is 3.17. The summed E-state index contributed by atoms with van der Waals surface area (Å²) in [6.07, 6.45) is 0. The fourth-order valence-electron chi connectivity index (χ4n) is 2.61. The normalized spacial score (nSPS) is 21.1. The van der Waals surface area contributed by atoms with Crippen molar-refractivity contribution in [3.05, 3.63) is 34.6 Å². The van der Waals surface area contributed by atoms with E-state index in [1.54, 1.807) is 0 Å².